The van der Waals surface area contributed by atoms with Crippen LogP contribution < -0.4 is 10.6 Å². The largest absolute Gasteiger partial charge is 0.463 e. The fourth-order valence-electron chi connectivity index (χ4n) is 4.59. The fraction of sp³-hybridized carbons (Fsp3) is 0.889. The van der Waals surface area contributed by atoms with Crippen molar-refractivity contribution in [1.29, 1.82) is 0 Å². The van der Waals surface area contributed by atoms with Crippen LogP contribution in [0, 0.1) is 11.3 Å². The van der Waals surface area contributed by atoms with Gasteiger partial charge in [-0.25, -0.2) is 0 Å². The maximum Gasteiger partial charge on any atom is 0.312 e. The van der Waals surface area contributed by atoms with E-state index in [1.807, 2.05) is 0 Å². The van der Waals surface area contributed by atoms with Gasteiger partial charge in [-0.1, -0.05) is 38.5 Å². The van der Waals surface area contributed by atoms with Gasteiger partial charge in [0, 0.05) is 6.54 Å². The van der Waals surface area contributed by atoms with Crippen LogP contribution in [0.25, 0.3) is 0 Å². The molecule has 1 heterocycles. The first-order valence-corrected chi connectivity index (χ1v) is 9.51. The van der Waals surface area contributed by atoms with Crippen LogP contribution in [0.3, 0.4) is 0 Å². The third kappa shape index (κ3) is 3.99. The van der Waals surface area contributed by atoms with Crippen LogP contribution in [-0.4, -0.2) is 38.2 Å². The second kappa shape index (κ2) is 8.02. The quantitative estimate of drug-likeness (QED) is 0.603. The molecule has 5 heteroatoms. The fourth-order valence-corrected chi connectivity index (χ4v) is 4.59. The summed E-state index contributed by atoms with van der Waals surface area (Å²) in [5.74, 6) is 1.46. The molecule has 0 saturated heterocycles. The molecular weight excluding hydrogens is 290 g/mol. The first kappa shape index (κ1) is 16.6. The van der Waals surface area contributed by atoms with E-state index in [4.69, 9.17) is 4.74 Å². The Labute approximate surface area is 139 Å². The smallest absolute Gasteiger partial charge is 0.312 e. The lowest BCUT2D eigenvalue weighted by Gasteiger charge is -2.43. The number of carbonyl (C=O) groups is 1. The molecule has 0 aromatic rings. The van der Waals surface area contributed by atoms with Crippen LogP contribution in [0.15, 0.2) is 4.99 Å². The minimum atomic E-state index is -0.179. The number of hydrogen-bond acceptors (Lipinski definition) is 5. The molecule has 130 valence electrons. The topological polar surface area (TPSA) is 62.7 Å². The van der Waals surface area contributed by atoms with Gasteiger partial charge in [-0.3, -0.25) is 9.79 Å². The summed E-state index contributed by atoms with van der Waals surface area (Å²) in [7, 11) is 0. The molecule has 3 aliphatic rings. The minimum absolute atomic E-state index is 0.0761. The predicted molar refractivity (Wildman–Crippen MR) is 91.4 cm³/mol. The first-order valence-electron chi connectivity index (χ1n) is 9.51. The lowest BCUT2D eigenvalue weighted by atomic mass is 9.62. The average Bonchev–Trinajstić information content (AvgIpc) is 3.13. The standard InChI is InChI=1S/C18H31N3O2/c22-16(23-14-13-21-17-19-11-12-20-17)18(9-5-2-6-10-18)15-7-3-1-4-8-15/h15H,1-14H2,(H2,19,20,21). The molecular formula is C18H31N3O2. The predicted octanol–water partition coefficient (Wildman–Crippen LogP) is 2.61. The van der Waals surface area contributed by atoms with Crippen molar-refractivity contribution in [3.63, 3.8) is 0 Å². The van der Waals surface area contributed by atoms with Crippen LogP contribution in [0.5, 0.6) is 0 Å². The van der Waals surface area contributed by atoms with Gasteiger partial charge in [-0.15, -0.1) is 0 Å². The van der Waals surface area contributed by atoms with Crippen molar-refractivity contribution >= 4 is 11.9 Å². The first-order chi connectivity index (χ1) is 11.3. The van der Waals surface area contributed by atoms with Gasteiger partial charge in [0.25, 0.3) is 0 Å². The van der Waals surface area contributed by atoms with E-state index in [0.29, 0.717) is 19.1 Å². The lowest BCUT2D eigenvalue weighted by Crippen LogP contribution is -2.43. The molecule has 5 nitrogen and oxygen atoms in total. The molecule has 2 aliphatic carbocycles. The second-order valence-corrected chi connectivity index (χ2v) is 7.27. The lowest BCUT2D eigenvalue weighted by molar-refractivity contribution is -0.163. The Morgan fingerprint density at radius 2 is 1.91 bits per heavy atom. The van der Waals surface area contributed by atoms with Crippen LogP contribution >= 0.6 is 0 Å². The Morgan fingerprint density at radius 1 is 1.17 bits per heavy atom. The second-order valence-electron chi connectivity index (χ2n) is 7.27. The Morgan fingerprint density at radius 3 is 2.61 bits per heavy atom. The van der Waals surface area contributed by atoms with Crippen molar-refractivity contribution in [3.05, 3.63) is 0 Å². The van der Waals surface area contributed by atoms with Crippen LogP contribution in [0.1, 0.15) is 64.2 Å². The normalized spacial score (nSPS) is 24.6. The maximum absolute atomic E-state index is 12.9. The zero-order valence-electron chi connectivity index (χ0n) is 14.2. The molecule has 0 unspecified atom stereocenters. The summed E-state index contributed by atoms with van der Waals surface area (Å²) < 4.78 is 5.71. The number of carbonyl (C=O) groups excluding carboxylic acids is 1. The molecule has 0 bridgehead atoms. The highest BCUT2D eigenvalue weighted by molar-refractivity contribution is 5.81. The maximum atomic E-state index is 12.9. The average molecular weight is 321 g/mol. The van der Waals surface area contributed by atoms with Crippen LogP contribution in [-0.2, 0) is 9.53 Å². The summed E-state index contributed by atoms with van der Waals surface area (Å²) in [5, 5.41) is 6.36. The SMILES string of the molecule is O=C(OCCNC1=NCCN1)C1(C2CCCCC2)CCCCC1. The molecule has 0 amide bonds. The number of aliphatic imine (C=N–C) groups is 1. The zero-order valence-corrected chi connectivity index (χ0v) is 14.2. The monoisotopic (exact) mass is 321 g/mol. The summed E-state index contributed by atoms with van der Waals surface area (Å²) in [6.07, 6.45) is 12.1. The van der Waals surface area contributed by atoms with E-state index in [-0.39, 0.29) is 11.4 Å². The number of nitrogens with one attached hydrogen (secondary N) is 2. The van der Waals surface area contributed by atoms with E-state index in [0.717, 1.165) is 31.9 Å². The Hall–Kier alpha value is -1.26. The summed E-state index contributed by atoms with van der Waals surface area (Å²) in [6, 6.07) is 0. The third-order valence-electron chi connectivity index (χ3n) is 5.84. The van der Waals surface area contributed by atoms with E-state index in [2.05, 4.69) is 15.6 Å². The molecule has 23 heavy (non-hydrogen) atoms. The van der Waals surface area contributed by atoms with Crippen molar-refractivity contribution in [2.75, 3.05) is 26.2 Å². The molecule has 2 saturated carbocycles. The number of esters is 1. The molecule has 0 aromatic carbocycles. The van der Waals surface area contributed by atoms with Gasteiger partial charge in [0.1, 0.15) is 6.61 Å². The van der Waals surface area contributed by atoms with E-state index in [9.17, 15) is 4.79 Å². The van der Waals surface area contributed by atoms with Gasteiger partial charge < -0.3 is 15.4 Å². The molecule has 2 fully saturated rings. The van der Waals surface area contributed by atoms with E-state index in [1.54, 1.807) is 0 Å². The molecule has 0 radical (unpaired) electrons. The summed E-state index contributed by atoms with van der Waals surface area (Å²) in [5.41, 5.74) is -0.179. The van der Waals surface area contributed by atoms with E-state index in [1.165, 1.54) is 51.4 Å². The van der Waals surface area contributed by atoms with Gasteiger partial charge >= 0.3 is 5.97 Å². The van der Waals surface area contributed by atoms with Crippen molar-refractivity contribution in [1.82, 2.24) is 10.6 Å². The van der Waals surface area contributed by atoms with Gasteiger partial charge in [0.15, 0.2) is 5.96 Å². The van der Waals surface area contributed by atoms with Crippen molar-refractivity contribution in [3.8, 4) is 0 Å². The number of nitrogens with zero attached hydrogens (tertiary/aromatic N) is 1. The molecule has 1 aliphatic heterocycles. The van der Waals surface area contributed by atoms with Crippen LogP contribution in [0.4, 0.5) is 0 Å². The molecule has 0 spiro atoms. The number of hydrogen-bond donors (Lipinski definition) is 2. The van der Waals surface area contributed by atoms with Gasteiger partial charge in [-0.05, 0) is 31.6 Å². The van der Waals surface area contributed by atoms with Gasteiger partial charge in [0.05, 0.1) is 18.5 Å². The highest BCUT2D eigenvalue weighted by Crippen LogP contribution is 2.49. The minimum Gasteiger partial charge on any atom is -0.463 e. The zero-order chi connectivity index (χ0) is 16.0. The van der Waals surface area contributed by atoms with E-state index >= 15 is 0 Å². The van der Waals surface area contributed by atoms with Gasteiger partial charge in [-0.2, -0.15) is 0 Å². The Kier molecular flexibility index (Phi) is 5.79. The molecule has 0 atom stereocenters. The Bertz CT molecular complexity index is 424. The Balaban J connectivity index is 1.52. The summed E-state index contributed by atoms with van der Waals surface area (Å²) in [6.45, 7) is 2.80. The number of guanidine groups is 1. The third-order valence-corrected chi connectivity index (χ3v) is 5.84. The van der Waals surface area contributed by atoms with Crippen molar-refractivity contribution in [2.24, 2.45) is 16.3 Å². The van der Waals surface area contributed by atoms with Gasteiger partial charge in [0.2, 0.25) is 0 Å². The summed E-state index contributed by atoms with van der Waals surface area (Å²) >= 11 is 0. The highest BCUT2D eigenvalue weighted by Gasteiger charge is 2.47. The van der Waals surface area contributed by atoms with Crippen molar-refractivity contribution in [2.45, 2.75) is 64.2 Å². The van der Waals surface area contributed by atoms with Crippen LogP contribution in [0.2, 0.25) is 0 Å². The van der Waals surface area contributed by atoms with Crippen molar-refractivity contribution < 1.29 is 9.53 Å². The summed E-state index contributed by atoms with van der Waals surface area (Å²) in [4.78, 5) is 17.2. The number of rotatable bonds is 5. The number of ether oxygens (including phenoxy) is 1. The van der Waals surface area contributed by atoms with E-state index < -0.39 is 0 Å². The molecule has 2 N–H and O–H groups in total. The highest BCUT2D eigenvalue weighted by atomic mass is 16.5. The molecule has 0 aromatic heterocycles. The molecule has 3 rings (SSSR count).